The predicted molar refractivity (Wildman–Crippen MR) is 109 cm³/mol. The molecule has 0 amide bonds. The van der Waals surface area contributed by atoms with E-state index in [1.54, 1.807) is 6.20 Å². The fourth-order valence-corrected chi connectivity index (χ4v) is 3.08. The maximum absolute atomic E-state index is 6.35. The second-order valence-corrected chi connectivity index (χ2v) is 6.44. The van der Waals surface area contributed by atoms with Crippen molar-refractivity contribution in [2.24, 2.45) is 0 Å². The SMILES string of the molecule is Cl.Clc1cc(CNCc2cccnc2)cc(Cl)c1OCc1ccccc1. The van der Waals surface area contributed by atoms with Crippen LogP contribution in [0.5, 0.6) is 5.75 Å². The number of aromatic nitrogens is 1. The van der Waals surface area contributed by atoms with E-state index in [9.17, 15) is 0 Å². The molecule has 1 N–H and O–H groups in total. The Balaban J connectivity index is 0.00000243. The largest absolute Gasteiger partial charge is 0.486 e. The van der Waals surface area contributed by atoms with Crippen molar-refractivity contribution in [1.29, 1.82) is 0 Å². The van der Waals surface area contributed by atoms with Gasteiger partial charge in [0.2, 0.25) is 0 Å². The molecule has 0 fully saturated rings. The maximum atomic E-state index is 6.35. The summed E-state index contributed by atoms with van der Waals surface area (Å²) in [6, 6.07) is 17.6. The molecule has 1 aromatic heterocycles. The van der Waals surface area contributed by atoms with Gasteiger partial charge in [0.15, 0.2) is 5.75 Å². The van der Waals surface area contributed by atoms with E-state index in [0.29, 0.717) is 28.9 Å². The third kappa shape index (κ3) is 5.89. The van der Waals surface area contributed by atoms with Gasteiger partial charge in [0.1, 0.15) is 6.61 Å². The van der Waals surface area contributed by atoms with Gasteiger partial charge in [-0.15, -0.1) is 12.4 Å². The van der Waals surface area contributed by atoms with Gasteiger partial charge in [0.25, 0.3) is 0 Å². The van der Waals surface area contributed by atoms with Gasteiger partial charge in [-0.2, -0.15) is 0 Å². The lowest BCUT2D eigenvalue weighted by atomic mass is 10.2. The molecule has 0 bridgehead atoms. The molecule has 2 aromatic carbocycles. The molecule has 0 atom stereocenters. The van der Waals surface area contributed by atoms with Crippen molar-refractivity contribution in [3.8, 4) is 5.75 Å². The number of hydrogen-bond donors (Lipinski definition) is 1. The number of nitrogens with one attached hydrogen (secondary N) is 1. The predicted octanol–water partition coefficient (Wildman–Crippen LogP) is 5.68. The van der Waals surface area contributed by atoms with Crippen molar-refractivity contribution in [3.05, 3.63) is 93.7 Å². The molecular weight excluding hydrogens is 391 g/mol. The van der Waals surface area contributed by atoms with Crippen LogP contribution in [-0.4, -0.2) is 4.98 Å². The van der Waals surface area contributed by atoms with Gasteiger partial charge < -0.3 is 10.1 Å². The van der Waals surface area contributed by atoms with Crippen LogP contribution in [0.15, 0.2) is 67.0 Å². The number of rotatable bonds is 7. The summed E-state index contributed by atoms with van der Waals surface area (Å²) in [4.78, 5) is 4.10. The molecule has 0 aliphatic heterocycles. The summed E-state index contributed by atoms with van der Waals surface area (Å²) in [5.41, 5.74) is 3.20. The maximum Gasteiger partial charge on any atom is 0.156 e. The van der Waals surface area contributed by atoms with E-state index in [-0.39, 0.29) is 12.4 Å². The molecule has 0 spiro atoms. The zero-order valence-corrected chi connectivity index (χ0v) is 16.3. The van der Waals surface area contributed by atoms with Crippen molar-refractivity contribution in [3.63, 3.8) is 0 Å². The monoisotopic (exact) mass is 408 g/mol. The quantitative estimate of drug-likeness (QED) is 0.545. The van der Waals surface area contributed by atoms with Gasteiger partial charge in [-0.25, -0.2) is 0 Å². The molecule has 0 saturated heterocycles. The first-order chi connectivity index (χ1) is 12.2. The van der Waals surface area contributed by atoms with Crippen LogP contribution < -0.4 is 10.1 Å². The van der Waals surface area contributed by atoms with Crippen LogP contribution in [0.1, 0.15) is 16.7 Å². The zero-order chi connectivity index (χ0) is 17.5. The minimum absolute atomic E-state index is 0. The molecule has 6 heteroatoms. The van der Waals surface area contributed by atoms with E-state index in [1.165, 1.54) is 0 Å². The summed E-state index contributed by atoms with van der Waals surface area (Å²) in [7, 11) is 0. The van der Waals surface area contributed by atoms with Crippen LogP contribution in [-0.2, 0) is 19.7 Å². The van der Waals surface area contributed by atoms with E-state index in [1.807, 2.05) is 60.8 Å². The highest BCUT2D eigenvalue weighted by Gasteiger charge is 2.10. The average molecular weight is 410 g/mol. The van der Waals surface area contributed by atoms with Gasteiger partial charge in [0.05, 0.1) is 10.0 Å². The number of halogens is 3. The van der Waals surface area contributed by atoms with E-state index in [4.69, 9.17) is 27.9 Å². The molecule has 136 valence electrons. The topological polar surface area (TPSA) is 34.2 Å². The molecule has 1 heterocycles. The van der Waals surface area contributed by atoms with Gasteiger partial charge in [-0.1, -0.05) is 59.6 Å². The van der Waals surface area contributed by atoms with Gasteiger partial charge in [0, 0.05) is 25.5 Å². The summed E-state index contributed by atoms with van der Waals surface area (Å²) < 4.78 is 5.79. The molecule has 3 nitrogen and oxygen atoms in total. The summed E-state index contributed by atoms with van der Waals surface area (Å²) in [5, 5.41) is 4.38. The molecule has 0 aliphatic carbocycles. The number of nitrogens with zero attached hydrogens (tertiary/aromatic N) is 1. The normalized spacial score (nSPS) is 10.2. The molecule has 0 unspecified atom stereocenters. The summed E-state index contributed by atoms with van der Waals surface area (Å²) in [6.07, 6.45) is 3.60. The van der Waals surface area contributed by atoms with E-state index in [2.05, 4.69) is 10.3 Å². The summed E-state index contributed by atoms with van der Waals surface area (Å²) in [6.45, 7) is 1.82. The molecule has 3 aromatic rings. The Morgan fingerprint density at radius 3 is 2.15 bits per heavy atom. The third-order valence-electron chi connectivity index (χ3n) is 3.67. The fraction of sp³-hybridized carbons (Fsp3) is 0.150. The number of hydrogen-bond acceptors (Lipinski definition) is 3. The third-order valence-corrected chi connectivity index (χ3v) is 4.23. The Labute approximate surface area is 169 Å². The lowest BCUT2D eigenvalue weighted by Crippen LogP contribution is -2.12. The molecule has 0 aliphatic rings. The van der Waals surface area contributed by atoms with Gasteiger partial charge >= 0.3 is 0 Å². The standard InChI is InChI=1S/C20H18Cl2N2O.ClH/c21-18-9-17(13-24-12-16-7-4-8-23-11-16)10-19(22)20(18)25-14-15-5-2-1-3-6-15;/h1-11,24H,12-14H2;1H. The second-order valence-electron chi connectivity index (χ2n) is 5.63. The van der Waals surface area contributed by atoms with Crippen LogP contribution >= 0.6 is 35.6 Å². The first kappa shape index (κ1) is 20.5. The first-order valence-corrected chi connectivity index (χ1v) is 8.72. The van der Waals surface area contributed by atoms with Crippen LogP contribution in [0.2, 0.25) is 10.0 Å². The Hall–Kier alpha value is -1.78. The molecule has 26 heavy (non-hydrogen) atoms. The van der Waals surface area contributed by atoms with Crippen LogP contribution in [0.4, 0.5) is 0 Å². The average Bonchev–Trinajstić information content (AvgIpc) is 2.63. The van der Waals surface area contributed by atoms with Crippen molar-refractivity contribution in [2.45, 2.75) is 19.7 Å². The zero-order valence-electron chi connectivity index (χ0n) is 14.0. The lowest BCUT2D eigenvalue weighted by Gasteiger charge is -2.12. The van der Waals surface area contributed by atoms with Crippen molar-refractivity contribution >= 4 is 35.6 Å². The van der Waals surface area contributed by atoms with E-state index < -0.39 is 0 Å². The second kappa shape index (κ2) is 10.4. The minimum Gasteiger partial charge on any atom is -0.486 e. The molecular formula is C20H19Cl3N2O. The van der Waals surface area contributed by atoms with Crippen LogP contribution in [0.3, 0.4) is 0 Å². The molecule has 3 rings (SSSR count). The minimum atomic E-state index is 0. The highest BCUT2D eigenvalue weighted by Crippen LogP contribution is 2.34. The van der Waals surface area contributed by atoms with Crippen LogP contribution in [0, 0.1) is 0 Å². The summed E-state index contributed by atoms with van der Waals surface area (Å²) >= 11 is 12.7. The van der Waals surface area contributed by atoms with Gasteiger partial charge in [-0.3, -0.25) is 4.98 Å². The van der Waals surface area contributed by atoms with Crippen molar-refractivity contribution in [2.75, 3.05) is 0 Å². The van der Waals surface area contributed by atoms with Crippen molar-refractivity contribution < 1.29 is 4.74 Å². The Morgan fingerprint density at radius 2 is 1.50 bits per heavy atom. The highest BCUT2D eigenvalue weighted by molar-refractivity contribution is 6.37. The first-order valence-electron chi connectivity index (χ1n) is 7.96. The fourth-order valence-electron chi connectivity index (χ4n) is 2.44. The van der Waals surface area contributed by atoms with Gasteiger partial charge in [-0.05, 0) is 34.9 Å². The van der Waals surface area contributed by atoms with Crippen molar-refractivity contribution in [1.82, 2.24) is 10.3 Å². The number of benzene rings is 2. The van der Waals surface area contributed by atoms with E-state index >= 15 is 0 Å². The molecule has 0 radical (unpaired) electrons. The molecule has 0 saturated carbocycles. The smallest absolute Gasteiger partial charge is 0.156 e. The highest BCUT2D eigenvalue weighted by atomic mass is 35.5. The van der Waals surface area contributed by atoms with Crippen LogP contribution in [0.25, 0.3) is 0 Å². The lowest BCUT2D eigenvalue weighted by molar-refractivity contribution is 0.306. The number of ether oxygens (including phenoxy) is 1. The Bertz CT molecular complexity index is 791. The summed E-state index contributed by atoms with van der Waals surface area (Å²) in [5.74, 6) is 0.517. The Morgan fingerprint density at radius 1 is 0.846 bits per heavy atom. The van der Waals surface area contributed by atoms with E-state index in [0.717, 1.165) is 23.2 Å². The number of pyridine rings is 1. The Kier molecular flexibility index (Phi) is 8.20.